The van der Waals surface area contributed by atoms with Crippen molar-refractivity contribution in [1.29, 1.82) is 0 Å². The van der Waals surface area contributed by atoms with E-state index in [1.54, 1.807) is 0 Å². The van der Waals surface area contributed by atoms with Crippen LogP contribution in [0.4, 0.5) is 17.1 Å². The number of benzene rings is 10. The normalized spacial score (nSPS) is 11.6. The summed E-state index contributed by atoms with van der Waals surface area (Å²) in [5.41, 5.74) is 11.8. The number of nitrogens with zero attached hydrogens (tertiary/aromatic N) is 2. The van der Waals surface area contributed by atoms with Crippen LogP contribution in [-0.4, -0.2) is 4.57 Å². The second-order valence-electron chi connectivity index (χ2n) is 14.6. The Morgan fingerprint density at radius 1 is 0.286 bits per heavy atom. The topological polar surface area (TPSA) is 8.17 Å². The summed E-state index contributed by atoms with van der Waals surface area (Å²) in [6.45, 7) is 0. The van der Waals surface area contributed by atoms with Crippen LogP contribution >= 0.6 is 0 Å². The molecule has 10 aromatic carbocycles. The van der Waals surface area contributed by atoms with Gasteiger partial charge in [-0.3, -0.25) is 0 Å². The first-order chi connectivity index (χ1) is 27.7. The molecule has 0 amide bonds. The molecular weight excluding hydrogens is 677 g/mol. The lowest BCUT2D eigenvalue weighted by Gasteiger charge is -2.26. The Morgan fingerprint density at radius 2 is 0.804 bits per heavy atom. The van der Waals surface area contributed by atoms with Gasteiger partial charge in [-0.25, -0.2) is 0 Å². The maximum atomic E-state index is 2.44. The summed E-state index contributed by atoms with van der Waals surface area (Å²) in [6.07, 6.45) is 0. The van der Waals surface area contributed by atoms with E-state index < -0.39 is 0 Å². The second kappa shape index (κ2) is 13.2. The monoisotopic (exact) mass is 712 g/mol. The molecule has 0 saturated heterocycles. The smallest absolute Gasteiger partial charge is 0.0619 e. The van der Waals surface area contributed by atoms with Crippen molar-refractivity contribution in [2.24, 2.45) is 0 Å². The Balaban J connectivity index is 0.962. The minimum absolute atomic E-state index is 1.11. The fourth-order valence-electron chi connectivity index (χ4n) is 8.55. The van der Waals surface area contributed by atoms with Gasteiger partial charge in [-0.2, -0.15) is 0 Å². The van der Waals surface area contributed by atoms with Crippen LogP contribution < -0.4 is 4.90 Å². The van der Waals surface area contributed by atoms with Gasteiger partial charge in [0.25, 0.3) is 0 Å². The molecule has 0 saturated carbocycles. The van der Waals surface area contributed by atoms with Gasteiger partial charge in [-0.05, 0) is 110 Å². The van der Waals surface area contributed by atoms with Crippen LogP contribution in [0.25, 0.3) is 82.1 Å². The maximum absolute atomic E-state index is 2.44. The fraction of sp³-hybridized carbons (Fsp3) is 0. The predicted octanol–water partition coefficient (Wildman–Crippen LogP) is 15.0. The molecule has 0 fully saturated rings. The van der Waals surface area contributed by atoms with Crippen LogP contribution in [0.15, 0.2) is 218 Å². The van der Waals surface area contributed by atoms with Crippen molar-refractivity contribution in [3.05, 3.63) is 218 Å². The summed E-state index contributed by atoms with van der Waals surface area (Å²) in [5, 5.41) is 9.96. The summed E-state index contributed by atoms with van der Waals surface area (Å²) < 4.78 is 2.44. The van der Waals surface area contributed by atoms with Crippen molar-refractivity contribution in [1.82, 2.24) is 4.57 Å². The summed E-state index contributed by atoms with van der Waals surface area (Å²) >= 11 is 0. The van der Waals surface area contributed by atoms with Crippen molar-refractivity contribution in [2.45, 2.75) is 0 Å². The average Bonchev–Trinajstić information content (AvgIpc) is 3.62. The van der Waals surface area contributed by atoms with E-state index in [1.807, 2.05) is 0 Å². The molecule has 56 heavy (non-hydrogen) atoms. The first-order valence-electron chi connectivity index (χ1n) is 19.3. The van der Waals surface area contributed by atoms with E-state index in [4.69, 9.17) is 0 Å². The van der Waals surface area contributed by atoms with Crippen LogP contribution in [0.3, 0.4) is 0 Å². The Kier molecular flexibility index (Phi) is 7.53. The highest BCUT2D eigenvalue weighted by atomic mass is 15.1. The largest absolute Gasteiger partial charge is 0.310 e. The fourth-order valence-corrected chi connectivity index (χ4v) is 8.55. The number of hydrogen-bond donors (Lipinski definition) is 0. The predicted molar refractivity (Wildman–Crippen MR) is 239 cm³/mol. The van der Waals surface area contributed by atoms with Gasteiger partial charge in [-0.1, -0.05) is 158 Å². The number of aromatic nitrogens is 1. The first kappa shape index (κ1) is 32.0. The van der Waals surface area contributed by atoms with E-state index in [0.29, 0.717) is 0 Å². The van der Waals surface area contributed by atoms with E-state index in [1.165, 1.54) is 82.1 Å². The average molecular weight is 713 g/mol. The van der Waals surface area contributed by atoms with Gasteiger partial charge in [0.2, 0.25) is 0 Å². The van der Waals surface area contributed by atoms with Gasteiger partial charge < -0.3 is 9.47 Å². The van der Waals surface area contributed by atoms with Crippen LogP contribution in [0.1, 0.15) is 0 Å². The molecule has 11 rings (SSSR count). The molecule has 0 N–H and O–H groups in total. The Bertz CT molecular complexity index is 3230. The Morgan fingerprint density at radius 3 is 1.59 bits per heavy atom. The van der Waals surface area contributed by atoms with Crippen LogP contribution in [0.2, 0.25) is 0 Å². The van der Waals surface area contributed by atoms with Crippen LogP contribution in [-0.2, 0) is 0 Å². The first-order valence-corrected chi connectivity index (χ1v) is 19.3. The molecule has 0 bridgehead atoms. The number of rotatable bonds is 6. The SMILES string of the molecule is c1ccc(-c2ccc(N(c3ccc(-c4ccc5cc(-n6c7ccccc7c7ccc8ccccc8c76)ccc5c4)cc3)c3ccc4ccccc4c3)cc2)cc1. The van der Waals surface area contributed by atoms with Crippen molar-refractivity contribution in [3.63, 3.8) is 0 Å². The molecule has 2 heteroatoms. The lowest BCUT2D eigenvalue weighted by atomic mass is 10.00. The summed E-state index contributed by atoms with van der Waals surface area (Å²) in [4.78, 5) is 2.35. The third-order valence-corrected chi connectivity index (χ3v) is 11.3. The van der Waals surface area contributed by atoms with Gasteiger partial charge in [0.1, 0.15) is 0 Å². The zero-order chi connectivity index (χ0) is 37.0. The number of anilines is 3. The lowest BCUT2D eigenvalue weighted by molar-refractivity contribution is 1.19. The number of para-hydroxylation sites is 1. The van der Waals surface area contributed by atoms with Crippen molar-refractivity contribution in [3.8, 4) is 27.9 Å². The highest BCUT2D eigenvalue weighted by Gasteiger charge is 2.16. The molecular formula is C54H36N2. The molecule has 0 aliphatic heterocycles. The second-order valence-corrected chi connectivity index (χ2v) is 14.6. The van der Waals surface area contributed by atoms with Crippen molar-refractivity contribution < 1.29 is 0 Å². The minimum atomic E-state index is 1.11. The van der Waals surface area contributed by atoms with Crippen molar-refractivity contribution in [2.75, 3.05) is 4.90 Å². The Hall–Kier alpha value is -7.42. The molecule has 0 spiro atoms. The molecule has 11 aromatic rings. The third-order valence-electron chi connectivity index (χ3n) is 11.3. The number of hydrogen-bond acceptors (Lipinski definition) is 1. The zero-order valence-corrected chi connectivity index (χ0v) is 30.7. The van der Waals surface area contributed by atoms with E-state index in [2.05, 4.69) is 228 Å². The standard InChI is InChI=1S/C54H36N2/c1-2-10-37(11-3-1)39-20-27-46(28-21-39)55(48-31-24-38-12-4-5-14-42(38)35-48)47-29-22-40(23-30-47)43-18-19-45-36-49(32-25-44(45)34-43)56-53-17-9-8-16-51(53)52-33-26-41-13-6-7-15-50(41)54(52)56/h1-36H. The van der Waals surface area contributed by atoms with E-state index in [9.17, 15) is 0 Å². The number of fused-ring (bicyclic) bond motifs is 7. The van der Waals surface area contributed by atoms with Gasteiger partial charge in [0, 0.05) is 38.9 Å². The van der Waals surface area contributed by atoms with E-state index >= 15 is 0 Å². The van der Waals surface area contributed by atoms with Crippen molar-refractivity contribution >= 4 is 71.2 Å². The van der Waals surface area contributed by atoms with E-state index in [-0.39, 0.29) is 0 Å². The molecule has 2 nitrogen and oxygen atoms in total. The quantitative estimate of drug-likeness (QED) is 0.167. The zero-order valence-electron chi connectivity index (χ0n) is 30.7. The molecule has 1 heterocycles. The van der Waals surface area contributed by atoms with Crippen LogP contribution in [0.5, 0.6) is 0 Å². The summed E-state index contributed by atoms with van der Waals surface area (Å²) in [7, 11) is 0. The molecule has 0 aliphatic carbocycles. The molecule has 262 valence electrons. The summed E-state index contributed by atoms with van der Waals surface area (Å²) in [6, 6.07) is 79.4. The molecule has 0 aliphatic rings. The minimum Gasteiger partial charge on any atom is -0.310 e. The van der Waals surface area contributed by atoms with Gasteiger partial charge in [0.15, 0.2) is 0 Å². The van der Waals surface area contributed by atoms with Gasteiger partial charge in [0.05, 0.1) is 11.0 Å². The van der Waals surface area contributed by atoms with E-state index in [0.717, 1.165) is 17.1 Å². The third kappa shape index (κ3) is 5.42. The summed E-state index contributed by atoms with van der Waals surface area (Å²) in [5.74, 6) is 0. The van der Waals surface area contributed by atoms with Gasteiger partial charge in [-0.15, -0.1) is 0 Å². The maximum Gasteiger partial charge on any atom is 0.0619 e. The molecule has 0 atom stereocenters. The molecule has 0 radical (unpaired) electrons. The van der Waals surface area contributed by atoms with Gasteiger partial charge >= 0.3 is 0 Å². The molecule has 1 aromatic heterocycles. The Labute approximate surface area is 325 Å². The van der Waals surface area contributed by atoms with Crippen LogP contribution in [0, 0.1) is 0 Å². The molecule has 0 unspecified atom stereocenters. The lowest BCUT2D eigenvalue weighted by Crippen LogP contribution is -2.09. The highest BCUT2D eigenvalue weighted by molar-refractivity contribution is 6.18. The highest BCUT2D eigenvalue weighted by Crippen LogP contribution is 2.40.